The molecule has 0 aliphatic rings. The van der Waals surface area contributed by atoms with Crippen LogP contribution in [0.5, 0.6) is 5.75 Å². The first-order chi connectivity index (χ1) is 14.5. The van der Waals surface area contributed by atoms with Crippen LogP contribution in [0.25, 0.3) is 10.2 Å². The quantitative estimate of drug-likeness (QED) is 0.454. The minimum Gasteiger partial charge on any atom is -1.00 e. The highest BCUT2D eigenvalue weighted by Gasteiger charge is 2.22. The first kappa shape index (κ1) is 25.0. The zero-order valence-corrected chi connectivity index (χ0v) is 19.1. The molecule has 0 N–H and O–H groups in total. The Morgan fingerprint density at radius 3 is 2.48 bits per heavy atom. The number of rotatable bonds is 10. The zero-order chi connectivity index (χ0) is 21.5. The Morgan fingerprint density at radius 2 is 1.81 bits per heavy atom. The van der Waals surface area contributed by atoms with Gasteiger partial charge in [-0.1, -0.05) is 43.4 Å². The van der Waals surface area contributed by atoms with E-state index in [-0.39, 0.29) is 36.9 Å². The van der Waals surface area contributed by atoms with Gasteiger partial charge >= 0.3 is 0 Å². The summed E-state index contributed by atoms with van der Waals surface area (Å²) in [6.45, 7) is 7.11. The lowest BCUT2D eigenvalue weighted by atomic mass is 10.3. The summed E-state index contributed by atoms with van der Waals surface area (Å²) in [4.78, 5) is 21.0. The van der Waals surface area contributed by atoms with E-state index >= 15 is 0 Å². The van der Waals surface area contributed by atoms with E-state index in [4.69, 9.17) is 4.74 Å². The monoisotopic (exact) mass is 468 g/mol. The number of thiazole rings is 1. The van der Waals surface area contributed by atoms with Crippen LogP contribution in [0, 0.1) is 11.6 Å². The first-order valence-corrected chi connectivity index (χ1v) is 10.8. The minimum atomic E-state index is -0.726. The van der Waals surface area contributed by atoms with Gasteiger partial charge in [0.25, 0.3) is 0 Å². The standard InChI is InChI=1S/C22H25F2N3O2S.ClH/c1-3-26(4-2)11-12-27(20(28)10-13-29-17-8-6-5-7-9-17)22-25-21-18(24)14-16(23)15-19(21)30-22;/h5-9,14-15H,3-4,10-13H2,1-2H3;1H/p-1. The molecule has 1 heterocycles. The number of halogens is 3. The molecule has 0 radical (unpaired) electrons. The SMILES string of the molecule is CCN(CC)CCN(C(=O)CCOc1ccccc1)c1nc2c(F)cc(F)cc2s1.[Cl-]. The lowest BCUT2D eigenvalue weighted by Crippen LogP contribution is -3.00. The van der Waals surface area contributed by atoms with Gasteiger partial charge in [-0.15, -0.1) is 0 Å². The topological polar surface area (TPSA) is 45.7 Å². The van der Waals surface area contributed by atoms with E-state index in [1.165, 1.54) is 6.07 Å². The highest BCUT2D eigenvalue weighted by Crippen LogP contribution is 2.31. The van der Waals surface area contributed by atoms with E-state index < -0.39 is 11.6 Å². The summed E-state index contributed by atoms with van der Waals surface area (Å²) in [5.41, 5.74) is 0.0811. The second-order valence-corrected chi connectivity index (χ2v) is 7.72. The van der Waals surface area contributed by atoms with Crippen LogP contribution in [-0.2, 0) is 4.79 Å². The zero-order valence-electron chi connectivity index (χ0n) is 17.5. The summed E-state index contributed by atoms with van der Waals surface area (Å²) in [6.07, 6.45) is 0.153. The molecule has 1 amide bonds. The number of nitrogens with zero attached hydrogens (tertiary/aromatic N) is 3. The van der Waals surface area contributed by atoms with Crippen molar-refractivity contribution < 1.29 is 30.7 Å². The highest BCUT2D eigenvalue weighted by atomic mass is 35.5. The Kier molecular flexibility index (Phi) is 9.61. The Hall–Kier alpha value is -2.29. The Balaban J connectivity index is 0.00000341. The number of likely N-dealkylation sites (N-methyl/N-ethyl adjacent to an activating group) is 1. The summed E-state index contributed by atoms with van der Waals surface area (Å²) in [6, 6.07) is 11.3. The van der Waals surface area contributed by atoms with Crippen molar-refractivity contribution in [2.75, 3.05) is 37.7 Å². The van der Waals surface area contributed by atoms with Gasteiger partial charge < -0.3 is 22.0 Å². The first-order valence-electron chi connectivity index (χ1n) is 9.98. The second kappa shape index (κ2) is 11.9. The molecule has 2 aromatic carbocycles. The summed E-state index contributed by atoms with van der Waals surface area (Å²) in [5, 5.41) is 0.367. The fourth-order valence-electron chi connectivity index (χ4n) is 3.08. The number of para-hydroxylation sites is 1. The maximum atomic E-state index is 14.1. The number of aromatic nitrogens is 1. The number of hydrogen-bond acceptors (Lipinski definition) is 5. The van der Waals surface area contributed by atoms with Gasteiger partial charge in [0, 0.05) is 19.2 Å². The molecule has 1 aromatic heterocycles. The molecule has 5 nitrogen and oxygen atoms in total. The summed E-state index contributed by atoms with van der Waals surface area (Å²) < 4.78 is 33.7. The number of hydrogen-bond donors (Lipinski definition) is 0. The molecular formula is C22H25ClF2N3O2S-. The van der Waals surface area contributed by atoms with E-state index in [2.05, 4.69) is 23.7 Å². The Labute approximate surface area is 191 Å². The number of amides is 1. The lowest BCUT2D eigenvalue weighted by Gasteiger charge is -2.24. The molecule has 3 rings (SSSR count). The normalized spacial score (nSPS) is 10.9. The predicted molar refractivity (Wildman–Crippen MR) is 116 cm³/mol. The molecule has 31 heavy (non-hydrogen) atoms. The average molecular weight is 469 g/mol. The van der Waals surface area contributed by atoms with Crippen molar-refractivity contribution in [1.29, 1.82) is 0 Å². The number of benzene rings is 2. The number of fused-ring (bicyclic) bond motifs is 1. The summed E-state index contributed by atoms with van der Waals surface area (Å²) in [7, 11) is 0. The fraction of sp³-hybridized carbons (Fsp3) is 0.364. The van der Waals surface area contributed by atoms with E-state index in [1.54, 1.807) is 4.90 Å². The lowest BCUT2D eigenvalue weighted by molar-refractivity contribution is -0.119. The molecule has 0 aliphatic carbocycles. The molecule has 0 fully saturated rings. The Bertz CT molecular complexity index is 984. The molecule has 168 valence electrons. The van der Waals surface area contributed by atoms with Crippen molar-refractivity contribution >= 4 is 32.6 Å². The average Bonchev–Trinajstić information content (AvgIpc) is 3.16. The van der Waals surface area contributed by atoms with E-state index in [9.17, 15) is 13.6 Å². The van der Waals surface area contributed by atoms with Crippen LogP contribution in [0.2, 0.25) is 0 Å². The smallest absolute Gasteiger partial charge is 0.232 e. The third kappa shape index (κ3) is 6.59. The minimum absolute atomic E-state index is 0. The maximum Gasteiger partial charge on any atom is 0.232 e. The molecule has 0 saturated carbocycles. The molecule has 0 aliphatic heterocycles. The third-order valence-corrected chi connectivity index (χ3v) is 5.82. The fourth-order valence-corrected chi connectivity index (χ4v) is 4.13. The van der Waals surface area contributed by atoms with E-state index in [0.717, 1.165) is 30.5 Å². The van der Waals surface area contributed by atoms with Crippen LogP contribution >= 0.6 is 11.3 Å². The van der Waals surface area contributed by atoms with Crippen LogP contribution in [0.3, 0.4) is 0 Å². The molecule has 3 aromatic rings. The van der Waals surface area contributed by atoms with Gasteiger partial charge in [-0.05, 0) is 31.3 Å². The van der Waals surface area contributed by atoms with Crippen LogP contribution in [0.4, 0.5) is 13.9 Å². The predicted octanol–water partition coefficient (Wildman–Crippen LogP) is 1.72. The number of ether oxygens (including phenoxy) is 1. The highest BCUT2D eigenvalue weighted by molar-refractivity contribution is 7.22. The molecule has 0 atom stereocenters. The van der Waals surface area contributed by atoms with Crippen molar-refractivity contribution in [1.82, 2.24) is 9.88 Å². The van der Waals surface area contributed by atoms with Gasteiger partial charge in [-0.2, -0.15) is 0 Å². The third-order valence-electron chi connectivity index (χ3n) is 4.80. The van der Waals surface area contributed by atoms with Gasteiger partial charge in [-0.25, -0.2) is 13.8 Å². The van der Waals surface area contributed by atoms with Crippen molar-refractivity contribution in [3.63, 3.8) is 0 Å². The van der Waals surface area contributed by atoms with Crippen LogP contribution in [0.15, 0.2) is 42.5 Å². The van der Waals surface area contributed by atoms with Crippen LogP contribution < -0.4 is 22.0 Å². The van der Waals surface area contributed by atoms with Gasteiger partial charge in [0.05, 0.1) is 17.7 Å². The van der Waals surface area contributed by atoms with Gasteiger partial charge in [-0.3, -0.25) is 9.69 Å². The van der Waals surface area contributed by atoms with E-state index in [1.807, 2.05) is 30.3 Å². The van der Waals surface area contributed by atoms with Crippen molar-refractivity contribution in [2.24, 2.45) is 0 Å². The molecular weight excluding hydrogens is 444 g/mol. The summed E-state index contributed by atoms with van der Waals surface area (Å²) >= 11 is 1.11. The number of carbonyl (C=O) groups excluding carboxylic acids is 1. The summed E-state index contributed by atoms with van der Waals surface area (Å²) in [5.74, 6) is -0.862. The van der Waals surface area contributed by atoms with Gasteiger partial charge in [0.1, 0.15) is 17.1 Å². The second-order valence-electron chi connectivity index (χ2n) is 6.71. The van der Waals surface area contributed by atoms with Crippen molar-refractivity contribution in [3.05, 3.63) is 54.1 Å². The van der Waals surface area contributed by atoms with Gasteiger partial charge in [0.2, 0.25) is 5.91 Å². The molecule has 0 saturated heterocycles. The van der Waals surface area contributed by atoms with E-state index in [0.29, 0.717) is 28.7 Å². The number of carbonyl (C=O) groups is 1. The van der Waals surface area contributed by atoms with Crippen molar-refractivity contribution in [3.8, 4) is 5.75 Å². The van der Waals surface area contributed by atoms with Crippen LogP contribution in [0.1, 0.15) is 20.3 Å². The largest absolute Gasteiger partial charge is 1.00 e. The molecule has 0 bridgehead atoms. The Morgan fingerprint density at radius 1 is 1.10 bits per heavy atom. The molecule has 9 heteroatoms. The van der Waals surface area contributed by atoms with Crippen molar-refractivity contribution in [2.45, 2.75) is 20.3 Å². The molecule has 0 unspecified atom stereocenters. The molecule has 0 spiro atoms. The van der Waals surface area contributed by atoms with Crippen LogP contribution in [-0.4, -0.2) is 48.6 Å². The number of anilines is 1. The van der Waals surface area contributed by atoms with Gasteiger partial charge in [0.15, 0.2) is 10.9 Å². The maximum absolute atomic E-state index is 14.1.